The summed E-state index contributed by atoms with van der Waals surface area (Å²) >= 11 is 2.21. The van der Waals surface area contributed by atoms with E-state index in [1.807, 2.05) is 31.2 Å². The van der Waals surface area contributed by atoms with Gasteiger partial charge in [0.25, 0.3) is 0 Å². The van der Waals surface area contributed by atoms with Crippen molar-refractivity contribution in [2.45, 2.75) is 6.92 Å². The van der Waals surface area contributed by atoms with Crippen molar-refractivity contribution in [3.63, 3.8) is 0 Å². The van der Waals surface area contributed by atoms with E-state index < -0.39 is 0 Å². The molecule has 3 heteroatoms. The fourth-order valence-electron chi connectivity index (χ4n) is 1.37. The van der Waals surface area contributed by atoms with Crippen molar-refractivity contribution in [1.29, 1.82) is 0 Å². The highest BCUT2D eigenvalue weighted by Crippen LogP contribution is 2.24. The van der Waals surface area contributed by atoms with Gasteiger partial charge < -0.3 is 4.74 Å². The van der Waals surface area contributed by atoms with Crippen LogP contribution in [0.15, 0.2) is 30.3 Å². The summed E-state index contributed by atoms with van der Waals surface area (Å²) in [7, 11) is 0. The van der Waals surface area contributed by atoms with Gasteiger partial charge in [0.1, 0.15) is 15.0 Å². The predicted molar refractivity (Wildman–Crippen MR) is 65.6 cm³/mol. The molecule has 14 heavy (non-hydrogen) atoms. The summed E-state index contributed by atoms with van der Waals surface area (Å²) in [4.78, 5) is 4.46. The number of hydrogen-bond acceptors (Lipinski definition) is 2. The zero-order chi connectivity index (χ0) is 9.97. The lowest BCUT2D eigenvalue weighted by Gasteiger charge is -2.06. The summed E-state index contributed by atoms with van der Waals surface area (Å²) < 4.78 is 6.50. The Balaban J connectivity index is 2.64. The Kier molecular flexibility index (Phi) is 2.86. The van der Waals surface area contributed by atoms with Gasteiger partial charge in [-0.2, -0.15) is 0 Å². The van der Waals surface area contributed by atoms with Gasteiger partial charge in [-0.25, -0.2) is 4.98 Å². The van der Waals surface area contributed by atoms with Crippen LogP contribution in [0, 0.1) is 3.70 Å². The maximum Gasteiger partial charge on any atom is 0.145 e. The third kappa shape index (κ3) is 1.82. The molecule has 0 bridgehead atoms. The SMILES string of the molecule is CCOc1cccc2ccc(I)nc12. The summed E-state index contributed by atoms with van der Waals surface area (Å²) in [5.74, 6) is 0.864. The van der Waals surface area contributed by atoms with Crippen LogP contribution in [0.5, 0.6) is 5.75 Å². The molecule has 2 aromatic rings. The van der Waals surface area contributed by atoms with Crippen molar-refractivity contribution in [3.05, 3.63) is 34.0 Å². The molecule has 0 aliphatic heterocycles. The number of rotatable bonds is 2. The Morgan fingerprint density at radius 1 is 1.29 bits per heavy atom. The molecular formula is C11H10INO. The molecule has 72 valence electrons. The lowest BCUT2D eigenvalue weighted by Crippen LogP contribution is -1.94. The van der Waals surface area contributed by atoms with Crippen LogP contribution in [0.3, 0.4) is 0 Å². The molecule has 0 aliphatic carbocycles. The molecule has 0 saturated heterocycles. The van der Waals surface area contributed by atoms with Crippen LogP contribution in [-0.4, -0.2) is 11.6 Å². The molecule has 0 unspecified atom stereocenters. The third-order valence-corrected chi connectivity index (χ3v) is 2.55. The minimum Gasteiger partial charge on any atom is -0.492 e. The van der Waals surface area contributed by atoms with Gasteiger partial charge in [-0.1, -0.05) is 18.2 Å². The summed E-state index contributed by atoms with van der Waals surface area (Å²) in [6, 6.07) is 10.0. The second-order valence-corrected chi connectivity index (χ2v) is 4.00. The van der Waals surface area contributed by atoms with Crippen molar-refractivity contribution in [3.8, 4) is 5.75 Å². The summed E-state index contributed by atoms with van der Waals surface area (Å²) in [5.41, 5.74) is 0.946. The van der Waals surface area contributed by atoms with Crippen molar-refractivity contribution in [1.82, 2.24) is 4.98 Å². The number of pyridine rings is 1. The molecule has 2 rings (SSSR count). The van der Waals surface area contributed by atoms with Crippen LogP contribution in [0.2, 0.25) is 0 Å². The average molecular weight is 299 g/mol. The smallest absolute Gasteiger partial charge is 0.145 e. The molecule has 2 nitrogen and oxygen atoms in total. The van der Waals surface area contributed by atoms with E-state index in [9.17, 15) is 0 Å². The molecule has 0 atom stereocenters. The quantitative estimate of drug-likeness (QED) is 0.627. The van der Waals surface area contributed by atoms with Gasteiger partial charge in [0.15, 0.2) is 0 Å². The molecule has 0 N–H and O–H groups in total. The number of halogens is 1. The number of para-hydroxylation sites is 1. The van der Waals surface area contributed by atoms with Crippen LogP contribution in [0.1, 0.15) is 6.92 Å². The molecule has 0 saturated carbocycles. The molecule has 0 spiro atoms. The lowest BCUT2D eigenvalue weighted by atomic mass is 10.2. The van der Waals surface area contributed by atoms with Gasteiger partial charge in [-0.15, -0.1) is 0 Å². The van der Waals surface area contributed by atoms with E-state index >= 15 is 0 Å². The monoisotopic (exact) mass is 299 g/mol. The van der Waals surface area contributed by atoms with Gasteiger partial charge in [0.2, 0.25) is 0 Å². The Labute approximate surface area is 96.4 Å². The van der Waals surface area contributed by atoms with Gasteiger partial charge in [0.05, 0.1) is 6.61 Å². The Morgan fingerprint density at radius 3 is 2.93 bits per heavy atom. The van der Waals surface area contributed by atoms with Crippen LogP contribution in [0.4, 0.5) is 0 Å². The maximum absolute atomic E-state index is 5.51. The molecule has 0 fully saturated rings. The normalized spacial score (nSPS) is 10.4. The lowest BCUT2D eigenvalue weighted by molar-refractivity contribution is 0.343. The number of fused-ring (bicyclic) bond motifs is 1. The Morgan fingerprint density at radius 2 is 2.14 bits per heavy atom. The fourth-order valence-corrected chi connectivity index (χ4v) is 1.79. The van der Waals surface area contributed by atoms with Crippen LogP contribution in [-0.2, 0) is 0 Å². The molecule has 1 heterocycles. The van der Waals surface area contributed by atoms with Crippen molar-refractivity contribution >= 4 is 33.5 Å². The number of benzene rings is 1. The summed E-state index contributed by atoms with van der Waals surface area (Å²) in [6.45, 7) is 2.65. The molecule has 0 amide bonds. The Hall–Kier alpha value is -0.840. The van der Waals surface area contributed by atoms with Crippen LogP contribution < -0.4 is 4.74 Å². The van der Waals surface area contributed by atoms with E-state index in [2.05, 4.69) is 33.6 Å². The first-order valence-corrected chi connectivity index (χ1v) is 5.57. The fraction of sp³-hybridized carbons (Fsp3) is 0.182. The van der Waals surface area contributed by atoms with Crippen molar-refractivity contribution < 1.29 is 4.74 Å². The summed E-state index contributed by atoms with van der Waals surface area (Å²) in [6.07, 6.45) is 0. The molecule has 0 radical (unpaired) electrons. The number of hydrogen-bond donors (Lipinski definition) is 0. The minimum atomic E-state index is 0.673. The van der Waals surface area contributed by atoms with Gasteiger partial charge >= 0.3 is 0 Å². The average Bonchev–Trinajstić information content (AvgIpc) is 2.19. The van der Waals surface area contributed by atoms with Crippen LogP contribution >= 0.6 is 22.6 Å². The van der Waals surface area contributed by atoms with Crippen molar-refractivity contribution in [2.75, 3.05) is 6.61 Å². The second kappa shape index (κ2) is 4.13. The second-order valence-electron chi connectivity index (χ2n) is 2.89. The minimum absolute atomic E-state index is 0.673. The highest BCUT2D eigenvalue weighted by Gasteiger charge is 2.02. The van der Waals surface area contributed by atoms with E-state index in [0.717, 1.165) is 20.4 Å². The highest BCUT2D eigenvalue weighted by atomic mass is 127. The largest absolute Gasteiger partial charge is 0.492 e. The van der Waals surface area contributed by atoms with Gasteiger partial charge in [-0.3, -0.25) is 0 Å². The number of aromatic nitrogens is 1. The predicted octanol–water partition coefficient (Wildman–Crippen LogP) is 3.24. The van der Waals surface area contributed by atoms with Crippen LogP contribution in [0.25, 0.3) is 10.9 Å². The molecule has 0 aliphatic rings. The third-order valence-electron chi connectivity index (χ3n) is 1.95. The van der Waals surface area contributed by atoms with E-state index in [1.165, 1.54) is 0 Å². The van der Waals surface area contributed by atoms with Gasteiger partial charge in [-0.05, 0) is 41.6 Å². The standard InChI is InChI=1S/C11H10INO/c1-2-14-9-5-3-4-8-6-7-10(12)13-11(8)9/h3-7H,2H2,1H3. The summed E-state index contributed by atoms with van der Waals surface area (Å²) in [5, 5.41) is 1.12. The maximum atomic E-state index is 5.51. The number of nitrogens with zero attached hydrogens (tertiary/aromatic N) is 1. The highest BCUT2D eigenvalue weighted by molar-refractivity contribution is 14.1. The van der Waals surface area contributed by atoms with Crippen molar-refractivity contribution in [2.24, 2.45) is 0 Å². The number of ether oxygens (including phenoxy) is 1. The first kappa shape index (κ1) is 9.71. The van der Waals surface area contributed by atoms with E-state index in [0.29, 0.717) is 6.61 Å². The Bertz CT molecular complexity index is 456. The zero-order valence-corrected chi connectivity index (χ0v) is 9.98. The van der Waals surface area contributed by atoms with E-state index in [1.54, 1.807) is 0 Å². The van der Waals surface area contributed by atoms with E-state index in [-0.39, 0.29) is 0 Å². The zero-order valence-electron chi connectivity index (χ0n) is 7.83. The molecule has 1 aromatic carbocycles. The molecule has 1 aromatic heterocycles. The molecular weight excluding hydrogens is 289 g/mol. The topological polar surface area (TPSA) is 22.1 Å². The van der Waals surface area contributed by atoms with Gasteiger partial charge in [0, 0.05) is 5.39 Å². The van der Waals surface area contributed by atoms with E-state index in [4.69, 9.17) is 4.74 Å². The first-order chi connectivity index (χ1) is 6.81. The first-order valence-electron chi connectivity index (χ1n) is 4.49.